The summed E-state index contributed by atoms with van der Waals surface area (Å²) in [4.78, 5) is 20.0. The molecule has 1 N–H and O–H groups in total. The van der Waals surface area contributed by atoms with E-state index in [9.17, 15) is 4.79 Å². The number of aromatic amines is 1. The maximum absolute atomic E-state index is 13.2. The lowest BCUT2D eigenvalue weighted by molar-refractivity contribution is 0.0723. The minimum Gasteiger partial charge on any atom is -0.337 e. The summed E-state index contributed by atoms with van der Waals surface area (Å²) in [6.07, 6.45) is 7.73. The van der Waals surface area contributed by atoms with Gasteiger partial charge in [0.1, 0.15) is 5.82 Å². The standard InChI is InChI=1S/C19H26N6O/c1-3-25-12(2)14(9-20-25)18(26)24-10-15(19(11-24)7-4-8-19)17-21-16(22-23-17)13-5-6-13/h9,13,15H,3-8,10-11H2,1-2H3,(H,21,22,23). The van der Waals surface area contributed by atoms with E-state index in [0.717, 1.165) is 42.5 Å². The number of nitrogens with zero attached hydrogens (tertiary/aromatic N) is 5. The lowest BCUT2D eigenvalue weighted by Gasteiger charge is -2.41. The van der Waals surface area contributed by atoms with E-state index in [1.165, 1.54) is 32.1 Å². The molecule has 2 saturated carbocycles. The molecule has 7 heteroatoms. The number of amides is 1. The Balaban J connectivity index is 1.41. The first-order chi connectivity index (χ1) is 12.6. The predicted octanol–water partition coefficient (Wildman–Crippen LogP) is 2.62. The third kappa shape index (κ3) is 2.32. The van der Waals surface area contributed by atoms with Crippen LogP contribution in [0.15, 0.2) is 6.20 Å². The van der Waals surface area contributed by atoms with Gasteiger partial charge in [0.25, 0.3) is 5.91 Å². The summed E-state index contributed by atoms with van der Waals surface area (Å²) in [5.41, 5.74) is 1.88. The number of carbonyl (C=O) groups is 1. The van der Waals surface area contributed by atoms with Crippen molar-refractivity contribution in [1.29, 1.82) is 0 Å². The summed E-state index contributed by atoms with van der Waals surface area (Å²) in [5, 5.41) is 12.0. The molecule has 1 saturated heterocycles. The van der Waals surface area contributed by atoms with E-state index >= 15 is 0 Å². The lowest BCUT2D eigenvalue weighted by Crippen LogP contribution is -2.38. The van der Waals surface area contributed by atoms with E-state index in [1.807, 2.05) is 23.4 Å². The number of hydrogen-bond acceptors (Lipinski definition) is 4. The number of nitrogens with one attached hydrogen (secondary N) is 1. The van der Waals surface area contributed by atoms with Crippen LogP contribution in [0.2, 0.25) is 0 Å². The molecule has 1 atom stereocenters. The second kappa shape index (κ2) is 5.66. The quantitative estimate of drug-likeness (QED) is 0.915. The molecule has 1 unspecified atom stereocenters. The Labute approximate surface area is 153 Å². The zero-order chi connectivity index (χ0) is 17.9. The van der Waals surface area contributed by atoms with Gasteiger partial charge in [-0.05, 0) is 44.9 Å². The van der Waals surface area contributed by atoms with Crippen molar-refractivity contribution in [3.8, 4) is 0 Å². The molecule has 5 rings (SSSR count). The number of rotatable bonds is 4. The molecular formula is C19H26N6O. The summed E-state index contributed by atoms with van der Waals surface area (Å²) in [7, 11) is 0. The number of carbonyl (C=O) groups excluding carboxylic acids is 1. The van der Waals surface area contributed by atoms with Crippen LogP contribution in [0.4, 0.5) is 0 Å². The van der Waals surface area contributed by atoms with E-state index in [-0.39, 0.29) is 17.2 Å². The predicted molar refractivity (Wildman–Crippen MR) is 95.9 cm³/mol. The van der Waals surface area contributed by atoms with Gasteiger partial charge in [-0.15, -0.1) is 0 Å². The fourth-order valence-corrected chi connectivity index (χ4v) is 4.75. The number of hydrogen-bond donors (Lipinski definition) is 1. The second-order valence-corrected chi connectivity index (χ2v) is 8.27. The molecule has 26 heavy (non-hydrogen) atoms. The third-order valence-corrected chi connectivity index (χ3v) is 6.71. The summed E-state index contributed by atoms with van der Waals surface area (Å²) in [6.45, 7) is 6.37. The third-order valence-electron chi connectivity index (χ3n) is 6.71. The molecule has 1 spiro atoms. The van der Waals surface area contributed by atoms with Crippen LogP contribution in [0.3, 0.4) is 0 Å². The zero-order valence-electron chi connectivity index (χ0n) is 15.5. The van der Waals surface area contributed by atoms with Gasteiger partial charge >= 0.3 is 0 Å². The van der Waals surface area contributed by atoms with Crippen molar-refractivity contribution in [2.75, 3.05) is 13.1 Å². The smallest absolute Gasteiger partial charge is 0.257 e. The molecule has 3 heterocycles. The van der Waals surface area contributed by atoms with Crippen molar-refractivity contribution in [3.05, 3.63) is 29.1 Å². The van der Waals surface area contributed by atoms with Crippen LogP contribution in [-0.2, 0) is 6.54 Å². The molecule has 2 aromatic heterocycles. The van der Waals surface area contributed by atoms with Gasteiger partial charge < -0.3 is 4.90 Å². The Hall–Kier alpha value is -2.18. The van der Waals surface area contributed by atoms with Gasteiger partial charge in [-0.1, -0.05) is 6.42 Å². The van der Waals surface area contributed by atoms with Crippen molar-refractivity contribution in [1.82, 2.24) is 29.9 Å². The Kier molecular flexibility index (Phi) is 3.49. The Morgan fingerprint density at radius 1 is 1.38 bits per heavy atom. The SMILES string of the molecule is CCn1ncc(C(=O)N2CC(c3nc(C4CC4)n[nH]3)C3(CCC3)C2)c1C. The summed E-state index contributed by atoms with van der Waals surface area (Å²) in [5.74, 6) is 2.90. The first-order valence-electron chi connectivity index (χ1n) is 9.85. The summed E-state index contributed by atoms with van der Waals surface area (Å²) >= 11 is 0. The van der Waals surface area contributed by atoms with Crippen LogP contribution in [0.1, 0.15) is 78.6 Å². The molecule has 0 bridgehead atoms. The van der Waals surface area contributed by atoms with Gasteiger partial charge in [-0.3, -0.25) is 14.6 Å². The fourth-order valence-electron chi connectivity index (χ4n) is 4.75. The monoisotopic (exact) mass is 354 g/mol. The van der Waals surface area contributed by atoms with Crippen molar-refractivity contribution < 1.29 is 4.79 Å². The minimum absolute atomic E-state index is 0.109. The van der Waals surface area contributed by atoms with Gasteiger partial charge in [0.15, 0.2) is 5.82 Å². The maximum Gasteiger partial charge on any atom is 0.257 e. The summed E-state index contributed by atoms with van der Waals surface area (Å²) < 4.78 is 1.89. The van der Waals surface area contributed by atoms with Crippen LogP contribution in [0.5, 0.6) is 0 Å². The molecule has 2 aliphatic carbocycles. The van der Waals surface area contributed by atoms with Crippen LogP contribution in [0, 0.1) is 12.3 Å². The molecule has 7 nitrogen and oxygen atoms in total. The highest BCUT2D eigenvalue weighted by atomic mass is 16.2. The Morgan fingerprint density at radius 2 is 2.19 bits per heavy atom. The van der Waals surface area contributed by atoms with Gasteiger partial charge in [-0.25, -0.2) is 4.98 Å². The topological polar surface area (TPSA) is 79.7 Å². The van der Waals surface area contributed by atoms with Crippen molar-refractivity contribution in [2.45, 2.75) is 64.3 Å². The van der Waals surface area contributed by atoms with Gasteiger partial charge in [0.2, 0.25) is 0 Å². The summed E-state index contributed by atoms with van der Waals surface area (Å²) in [6, 6.07) is 0. The van der Waals surface area contributed by atoms with Crippen LogP contribution in [0.25, 0.3) is 0 Å². The van der Waals surface area contributed by atoms with E-state index in [1.54, 1.807) is 6.20 Å². The average molecular weight is 354 g/mol. The number of aromatic nitrogens is 5. The molecule has 138 valence electrons. The minimum atomic E-state index is 0.109. The number of H-pyrrole nitrogens is 1. The Bertz CT molecular complexity index is 844. The second-order valence-electron chi connectivity index (χ2n) is 8.27. The molecule has 1 amide bonds. The van der Waals surface area contributed by atoms with E-state index < -0.39 is 0 Å². The van der Waals surface area contributed by atoms with Crippen molar-refractivity contribution >= 4 is 5.91 Å². The van der Waals surface area contributed by atoms with E-state index in [4.69, 9.17) is 4.98 Å². The van der Waals surface area contributed by atoms with Crippen LogP contribution in [-0.4, -0.2) is 48.9 Å². The molecule has 0 radical (unpaired) electrons. The van der Waals surface area contributed by atoms with E-state index in [0.29, 0.717) is 5.92 Å². The van der Waals surface area contributed by atoms with Gasteiger partial charge in [0, 0.05) is 37.2 Å². The highest BCUT2D eigenvalue weighted by Gasteiger charge is 2.53. The lowest BCUT2D eigenvalue weighted by atomic mass is 9.62. The average Bonchev–Trinajstić information content (AvgIpc) is 3.07. The number of aryl methyl sites for hydroxylation is 1. The normalized spacial score (nSPS) is 24.2. The van der Waals surface area contributed by atoms with Gasteiger partial charge in [0.05, 0.1) is 11.8 Å². The first kappa shape index (κ1) is 16.0. The first-order valence-corrected chi connectivity index (χ1v) is 9.85. The number of likely N-dealkylation sites (tertiary alicyclic amines) is 1. The molecule has 0 aromatic carbocycles. The maximum atomic E-state index is 13.2. The fraction of sp³-hybridized carbons (Fsp3) is 0.684. The molecule has 2 aromatic rings. The molecule has 1 aliphatic heterocycles. The van der Waals surface area contributed by atoms with Crippen LogP contribution >= 0.6 is 0 Å². The highest BCUT2D eigenvalue weighted by Crippen LogP contribution is 2.55. The molecule has 3 fully saturated rings. The van der Waals surface area contributed by atoms with Crippen molar-refractivity contribution in [2.24, 2.45) is 5.41 Å². The largest absolute Gasteiger partial charge is 0.337 e. The Morgan fingerprint density at radius 3 is 2.81 bits per heavy atom. The van der Waals surface area contributed by atoms with Crippen LogP contribution < -0.4 is 0 Å². The molecule has 3 aliphatic rings. The van der Waals surface area contributed by atoms with Gasteiger partial charge in [-0.2, -0.15) is 10.2 Å². The highest BCUT2D eigenvalue weighted by molar-refractivity contribution is 5.95. The zero-order valence-corrected chi connectivity index (χ0v) is 15.5. The van der Waals surface area contributed by atoms with E-state index in [2.05, 4.69) is 15.3 Å². The van der Waals surface area contributed by atoms with Crippen molar-refractivity contribution in [3.63, 3.8) is 0 Å². The molecular weight excluding hydrogens is 328 g/mol.